The molecule has 3 nitrogen and oxygen atoms in total. The van der Waals surface area contributed by atoms with Crippen molar-refractivity contribution in [3.8, 4) is 0 Å². The summed E-state index contributed by atoms with van der Waals surface area (Å²) in [4.78, 5) is 4.47. The Kier molecular flexibility index (Phi) is 3.11. The first kappa shape index (κ1) is 9.62. The third-order valence-corrected chi connectivity index (χ3v) is 2.87. The topological polar surface area (TPSA) is 50.9 Å². The van der Waals surface area contributed by atoms with E-state index in [1.165, 1.54) is 24.1 Å². The predicted octanol–water partition coefficient (Wildman–Crippen LogP) is 1.01. The summed E-state index contributed by atoms with van der Waals surface area (Å²) < 4.78 is 0. The average Bonchev–Trinajstić information content (AvgIpc) is 2.30. The van der Waals surface area contributed by atoms with Gasteiger partial charge in [0.25, 0.3) is 0 Å². The summed E-state index contributed by atoms with van der Waals surface area (Å²) in [6, 6.07) is 4.05. The van der Waals surface area contributed by atoms with Crippen molar-refractivity contribution in [2.45, 2.75) is 25.3 Å². The third-order valence-electron chi connectivity index (χ3n) is 2.87. The normalized spacial score (nSPS) is 18.4. The van der Waals surface area contributed by atoms with Crippen LogP contribution in [0.25, 0.3) is 0 Å². The standard InChI is InChI=1S/C11H17N3/c12-8-10-2-1-5-14-11(10)9-3-6-13-7-4-9/h1-2,5,9,13H,3-4,6-8,12H2. The molecule has 0 aromatic carbocycles. The fourth-order valence-corrected chi connectivity index (χ4v) is 2.09. The van der Waals surface area contributed by atoms with Crippen molar-refractivity contribution in [2.75, 3.05) is 13.1 Å². The van der Waals surface area contributed by atoms with Gasteiger partial charge in [-0.3, -0.25) is 4.98 Å². The number of piperidine rings is 1. The molecule has 0 unspecified atom stereocenters. The fourth-order valence-electron chi connectivity index (χ4n) is 2.09. The van der Waals surface area contributed by atoms with Crippen LogP contribution in [0, 0.1) is 0 Å². The second-order valence-corrected chi connectivity index (χ2v) is 3.78. The second-order valence-electron chi connectivity index (χ2n) is 3.78. The van der Waals surface area contributed by atoms with Crippen LogP contribution in [-0.2, 0) is 6.54 Å². The van der Waals surface area contributed by atoms with Crippen molar-refractivity contribution in [3.05, 3.63) is 29.6 Å². The quantitative estimate of drug-likeness (QED) is 0.733. The van der Waals surface area contributed by atoms with Gasteiger partial charge in [0.15, 0.2) is 0 Å². The zero-order chi connectivity index (χ0) is 9.80. The van der Waals surface area contributed by atoms with Crippen LogP contribution in [-0.4, -0.2) is 18.1 Å². The summed E-state index contributed by atoms with van der Waals surface area (Å²) in [5.74, 6) is 0.607. The molecule has 2 rings (SSSR count). The van der Waals surface area contributed by atoms with Crippen LogP contribution in [0.3, 0.4) is 0 Å². The van der Waals surface area contributed by atoms with Gasteiger partial charge in [-0.1, -0.05) is 6.07 Å². The van der Waals surface area contributed by atoms with Gasteiger partial charge in [-0.2, -0.15) is 0 Å². The Morgan fingerprint density at radius 2 is 2.21 bits per heavy atom. The molecular weight excluding hydrogens is 174 g/mol. The van der Waals surface area contributed by atoms with E-state index in [0.29, 0.717) is 12.5 Å². The van der Waals surface area contributed by atoms with Crippen molar-refractivity contribution in [2.24, 2.45) is 5.73 Å². The molecule has 3 N–H and O–H groups in total. The summed E-state index contributed by atoms with van der Waals surface area (Å²) >= 11 is 0. The predicted molar refractivity (Wildman–Crippen MR) is 57.0 cm³/mol. The number of nitrogens with one attached hydrogen (secondary N) is 1. The van der Waals surface area contributed by atoms with E-state index in [9.17, 15) is 0 Å². The molecule has 3 heteroatoms. The summed E-state index contributed by atoms with van der Waals surface area (Å²) in [6.45, 7) is 2.81. The zero-order valence-corrected chi connectivity index (χ0v) is 8.37. The second kappa shape index (κ2) is 4.53. The van der Waals surface area contributed by atoms with E-state index < -0.39 is 0 Å². The summed E-state index contributed by atoms with van der Waals surface area (Å²) in [5, 5.41) is 3.36. The smallest absolute Gasteiger partial charge is 0.0480 e. The number of aromatic nitrogens is 1. The van der Waals surface area contributed by atoms with E-state index in [1.807, 2.05) is 12.3 Å². The number of nitrogens with zero attached hydrogens (tertiary/aromatic N) is 1. The van der Waals surface area contributed by atoms with Crippen LogP contribution >= 0.6 is 0 Å². The van der Waals surface area contributed by atoms with Gasteiger partial charge < -0.3 is 11.1 Å². The highest BCUT2D eigenvalue weighted by molar-refractivity contribution is 5.23. The molecule has 0 atom stereocenters. The number of pyridine rings is 1. The Hall–Kier alpha value is -0.930. The number of rotatable bonds is 2. The molecule has 14 heavy (non-hydrogen) atoms. The third kappa shape index (κ3) is 1.94. The molecule has 1 fully saturated rings. The molecule has 1 saturated heterocycles. The van der Waals surface area contributed by atoms with Gasteiger partial charge in [-0.15, -0.1) is 0 Å². The Morgan fingerprint density at radius 1 is 1.43 bits per heavy atom. The van der Waals surface area contributed by atoms with Gasteiger partial charge in [0.05, 0.1) is 0 Å². The molecule has 0 aliphatic carbocycles. The van der Waals surface area contributed by atoms with Crippen LogP contribution in [0.2, 0.25) is 0 Å². The van der Waals surface area contributed by atoms with Gasteiger partial charge in [0, 0.05) is 24.4 Å². The molecule has 0 saturated carbocycles. The van der Waals surface area contributed by atoms with Crippen LogP contribution in [0.4, 0.5) is 0 Å². The Morgan fingerprint density at radius 3 is 2.93 bits per heavy atom. The number of hydrogen-bond acceptors (Lipinski definition) is 3. The lowest BCUT2D eigenvalue weighted by molar-refractivity contribution is 0.451. The first-order chi connectivity index (χ1) is 6.92. The maximum atomic E-state index is 5.70. The van der Waals surface area contributed by atoms with Gasteiger partial charge in [-0.05, 0) is 37.6 Å². The molecule has 1 aliphatic heterocycles. The lowest BCUT2D eigenvalue weighted by Gasteiger charge is -2.23. The van der Waals surface area contributed by atoms with Crippen LogP contribution in [0.5, 0.6) is 0 Å². The minimum absolute atomic E-state index is 0.604. The maximum Gasteiger partial charge on any atom is 0.0480 e. The summed E-state index contributed by atoms with van der Waals surface area (Å²) in [5.41, 5.74) is 8.13. The lowest BCUT2D eigenvalue weighted by atomic mass is 9.91. The van der Waals surface area contributed by atoms with E-state index >= 15 is 0 Å². The van der Waals surface area contributed by atoms with Crippen molar-refractivity contribution in [1.29, 1.82) is 0 Å². The molecule has 76 valence electrons. The maximum absolute atomic E-state index is 5.70. The largest absolute Gasteiger partial charge is 0.326 e. The summed E-state index contributed by atoms with van der Waals surface area (Å²) in [7, 11) is 0. The highest BCUT2D eigenvalue weighted by Gasteiger charge is 2.18. The molecule has 0 amide bonds. The molecule has 1 aliphatic rings. The minimum Gasteiger partial charge on any atom is -0.326 e. The van der Waals surface area contributed by atoms with Gasteiger partial charge in [0.1, 0.15) is 0 Å². The fraction of sp³-hybridized carbons (Fsp3) is 0.545. The average molecular weight is 191 g/mol. The van der Waals surface area contributed by atoms with E-state index in [2.05, 4.69) is 16.4 Å². The molecule has 0 bridgehead atoms. The molecule has 0 spiro atoms. The van der Waals surface area contributed by atoms with Crippen molar-refractivity contribution in [1.82, 2.24) is 10.3 Å². The Labute approximate surface area is 84.7 Å². The molecular formula is C11H17N3. The van der Waals surface area contributed by atoms with E-state index in [0.717, 1.165) is 13.1 Å². The van der Waals surface area contributed by atoms with Crippen LogP contribution in [0.1, 0.15) is 30.0 Å². The molecule has 2 heterocycles. The van der Waals surface area contributed by atoms with E-state index in [1.54, 1.807) is 0 Å². The van der Waals surface area contributed by atoms with Gasteiger partial charge in [-0.25, -0.2) is 0 Å². The highest BCUT2D eigenvalue weighted by Crippen LogP contribution is 2.25. The van der Waals surface area contributed by atoms with E-state index in [-0.39, 0.29) is 0 Å². The highest BCUT2D eigenvalue weighted by atomic mass is 14.9. The zero-order valence-electron chi connectivity index (χ0n) is 8.37. The summed E-state index contributed by atoms with van der Waals surface area (Å²) in [6.07, 6.45) is 4.24. The van der Waals surface area contributed by atoms with Crippen LogP contribution in [0.15, 0.2) is 18.3 Å². The lowest BCUT2D eigenvalue weighted by Crippen LogP contribution is -2.27. The molecule has 1 aromatic heterocycles. The number of nitrogens with two attached hydrogens (primary N) is 1. The Bertz CT molecular complexity index is 292. The van der Waals surface area contributed by atoms with Crippen LogP contribution < -0.4 is 11.1 Å². The number of hydrogen-bond donors (Lipinski definition) is 2. The van der Waals surface area contributed by atoms with Crippen molar-refractivity contribution in [3.63, 3.8) is 0 Å². The molecule has 1 aromatic rings. The van der Waals surface area contributed by atoms with Gasteiger partial charge in [0.2, 0.25) is 0 Å². The molecule has 0 radical (unpaired) electrons. The first-order valence-corrected chi connectivity index (χ1v) is 5.26. The van der Waals surface area contributed by atoms with E-state index in [4.69, 9.17) is 5.73 Å². The Balaban J connectivity index is 2.20. The van der Waals surface area contributed by atoms with Gasteiger partial charge >= 0.3 is 0 Å². The van der Waals surface area contributed by atoms with Crippen molar-refractivity contribution < 1.29 is 0 Å². The van der Waals surface area contributed by atoms with Crippen molar-refractivity contribution >= 4 is 0 Å². The SMILES string of the molecule is NCc1cccnc1C1CCNCC1. The first-order valence-electron chi connectivity index (χ1n) is 5.26. The monoisotopic (exact) mass is 191 g/mol. The minimum atomic E-state index is 0.604.